The normalized spacial score (nSPS) is 15.0. The number of fused-ring (bicyclic) bond motifs is 1. The van der Waals surface area contributed by atoms with Crippen LogP contribution in [0.5, 0.6) is 11.5 Å². The molecule has 0 fully saturated rings. The van der Waals surface area contributed by atoms with E-state index >= 15 is 0 Å². The van der Waals surface area contributed by atoms with Crippen LogP contribution in [0.15, 0.2) is 24.4 Å². The summed E-state index contributed by atoms with van der Waals surface area (Å²) < 4.78 is 11.1. The Bertz CT molecular complexity index is 610. The quantitative estimate of drug-likeness (QED) is 0.773. The molecule has 1 unspecified atom stereocenters. The molecule has 3 rings (SSSR count). The van der Waals surface area contributed by atoms with Crippen LogP contribution in [0.4, 0.5) is 0 Å². The van der Waals surface area contributed by atoms with Crippen molar-refractivity contribution in [1.82, 2.24) is 15.5 Å². The lowest BCUT2D eigenvalue weighted by Gasteiger charge is -2.18. The summed E-state index contributed by atoms with van der Waals surface area (Å²) in [6.07, 6.45) is 1.43. The summed E-state index contributed by atoms with van der Waals surface area (Å²) in [6.45, 7) is 4.11. The van der Waals surface area contributed by atoms with Crippen LogP contribution in [0.25, 0.3) is 11.3 Å². The highest BCUT2D eigenvalue weighted by Crippen LogP contribution is 2.34. The molecule has 0 saturated carbocycles. The first-order chi connectivity index (χ1) is 10.2. The minimum Gasteiger partial charge on any atom is -0.486 e. The van der Waals surface area contributed by atoms with Gasteiger partial charge in [0, 0.05) is 24.2 Å². The zero-order chi connectivity index (χ0) is 14.7. The summed E-state index contributed by atoms with van der Waals surface area (Å²) in [5.74, 6) is 1.54. The van der Waals surface area contributed by atoms with E-state index in [1.54, 1.807) is 13.1 Å². The van der Waals surface area contributed by atoms with Crippen molar-refractivity contribution in [3.63, 3.8) is 0 Å². The molecular formula is C15H19N3O3. The molecule has 0 aliphatic carbocycles. The molecule has 2 aromatic rings. The number of ether oxygens (including phenoxy) is 2. The van der Waals surface area contributed by atoms with Crippen LogP contribution in [-0.2, 0) is 6.54 Å². The molecule has 112 valence electrons. The third-order valence-electron chi connectivity index (χ3n) is 3.30. The van der Waals surface area contributed by atoms with Gasteiger partial charge in [-0.05, 0) is 25.1 Å². The number of aliphatic hydroxyl groups is 1. The van der Waals surface area contributed by atoms with Gasteiger partial charge < -0.3 is 19.9 Å². The highest BCUT2D eigenvalue weighted by atomic mass is 16.6. The van der Waals surface area contributed by atoms with Gasteiger partial charge in [0.1, 0.15) is 13.2 Å². The van der Waals surface area contributed by atoms with Crippen molar-refractivity contribution >= 4 is 0 Å². The van der Waals surface area contributed by atoms with E-state index in [1.807, 2.05) is 18.2 Å². The summed E-state index contributed by atoms with van der Waals surface area (Å²) >= 11 is 0. The lowest BCUT2D eigenvalue weighted by molar-refractivity contribution is 0.171. The molecule has 6 heteroatoms. The van der Waals surface area contributed by atoms with E-state index in [-0.39, 0.29) is 6.10 Å². The second-order valence-electron chi connectivity index (χ2n) is 5.11. The Morgan fingerprint density at radius 2 is 2.14 bits per heavy atom. The molecule has 1 aliphatic heterocycles. The molecule has 0 radical (unpaired) electrons. The molecule has 3 N–H and O–H groups in total. The molecule has 0 spiro atoms. The number of rotatable bonds is 5. The fourth-order valence-electron chi connectivity index (χ4n) is 2.31. The van der Waals surface area contributed by atoms with E-state index in [2.05, 4.69) is 15.5 Å². The number of nitrogens with zero attached hydrogens (tertiary/aromatic N) is 1. The molecule has 1 aromatic heterocycles. The van der Waals surface area contributed by atoms with Gasteiger partial charge in [-0.2, -0.15) is 5.10 Å². The summed E-state index contributed by atoms with van der Waals surface area (Å²) in [5, 5.41) is 19.6. The minimum absolute atomic E-state index is 0.366. The lowest BCUT2D eigenvalue weighted by Crippen LogP contribution is -2.23. The topological polar surface area (TPSA) is 79.4 Å². The smallest absolute Gasteiger partial charge is 0.162 e. The molecular weight excluding hydrogens is 270 g/mol. The van der Waals surface area contributed by atoms with E-state index in [0.717, 1.165) is 28.3 Å². The maximum Gasteiger partial charge on any atom is 0.162 e. The van der Waals surface area contributed by atoms with E-state index in [9.17, 15) is 5.11 Å². The second-order valence-corrected chi connectivity index (χ2v) is 5.11. The molecule has 1 aliphatic rings. The molecule has 0 amide bonds. The Labute approximate surface area is 123 Å². The maximum absolute atomic E-state index is 9.28. The first-order valence-electron chi connectivity index (χ1n) is 7.05. The SMILES string of the molecule is CC(O)CNCc1cn[nH]c1-c1ccc2c(c1)OCCO2. The summed E-state index contributed by atoms with van der Waals surface area (Å²) in [5.41, 5.74) is 3.00. The number of benzene rings is 1. The number of H-pyrrole nitrogens is 1. The van der Waals surface area contributed by atoms with Crippen LogP contribution in [0, 0.1) is 0 Å². The first kappa shape index (κ1) is 13.9. The highest BCUT2D eigenvalue weighted by molar-refractivity contribution is 5.66. The first-order valence-corrected chi connectivity index (χ1v) is 7.05. The summed E-state index contributed by atoms with van der Waals surface area (Å²) in [4.78, 5) is 0. The van der Waals surface area contributed by atoms with Gasteiger partial charge in [-0.3, -0.25) is 5.10 Å². The third kappa shape index (κ3) is 3.17. The average Bonchev–Trinajstić information content (AvgIpc) is 2.95. The molecule has 1 atom stereocenters. The van der Waals surface area contributed by atoms with E-state index < -0.39 is 0 Å². The van der Waals surface area contributed by atoms with E-state index in [1.165, 1.54) is 0 Å². The average molecular weight is 289 g/mol. The zero-order valence-electron chi connectivity index (χ0n) is 11.9. The predicted molar refractivity (Wildman–Crippen MR) is 78.4 cm³/mol. The number of aliphatic hydroxyl groups excluding tert-OH is 1. The second kappa shape index (κ2) is 6.15. The molecule has 1 aromatic carbocycles. The van der Waals surface area contributed by atoms with Crippen molar-refractivity contribution < 1.29 is 14.6 Å². The van der Waals surface area contributed by atoms with Gasteiger partial charge in [-0.15, -0.1) is 0 Å². The Hall–Kier alpha value is -2.05. The van der Waals surface area contributed by atoms with Gasteiger partial charge >= 0.3 is 0 Å². The van der Waals surface area contributed by atoms with Gasteiger partial charge in [0.25, 0.3) is 0 Å². The molecule has 21 heavy (non-hydrogen) atoms. The Morgan fingerprint density at radius 3 is 2.95 bits per heavy atom. The van der Waals surface area contributed by atoms with Crippen molar-refractivity contribution in [3.8, 4) is 22.8 Å². The maximum atomic E-state index is 9.28. The van der Waals surface area contributed by atoms with Crippen molar-refractivity contribution in [3.05, 3.63) is 30.0 Å². The van der Waals surface area contributed by atoms with Gasteiger partial charge in [0.05, 0.1) is 18.0 Å². The van der Waals surface area contributed by atoms with Gasteiger partial charge in [0.15, 0.2) is 11.5 Å². The lowest BCUT2D eigenvalue weighted by atomic mass is 10.1. The Morgan fingerprint density at radius 1 is 1.33 bits per heavy atom. The van der Waals surface area contributed by atoms with Crippen LogP contribution < -0.4 is 14.8 Å². The minimum atomic E-state index is -0.366. The number of aromatic amines is 1. The van der Waals surface area contributed by atoms with Crippen LogP contribution in [-0.4, -0.2) is 41.2 Å². The molecule has 0 bridgehead atoms. The van der Waals surface area contributed by atoms with Crippen LogP contribution in [0.3, 0.4) is 0 Å². The van der Waals surface area contributed by atoms with Crippen molar-refractivity contribution in [1.29, 1.82) is 0 Å². The zero-order valence-corrected chi connectivity index (χ0v) is 11.9. The summed E-state index contributed by atoms with van der Waals surface area (Å²) in [6, 6.07) is 5.86. The largest absolute Gasteiger partial charge is 0.486 e. The third-order valence-corrected chi connectivity index (χ3v) is 3.30. The number of nitrogens with one attached hydrogen (secondary N) is 2. The van der Waals surface area contributed by atoms with Crippen molar-refractivity contribution in [2.24, 2.45) is 0 Å². The summed E-state index contributed by atoms with van der Waals surface area (Å²) in [7, 11) is 0. The standard InChI is InChI=1S/C15H19N3O3/c1-10(19)7-16-8-12-9-17-18-15(12)11-2-3-13-14(6-11)21-5-4-20-13/h2-3,6,9-10,16,19H,4-5,7-8H2,1H3,(H,17,18). The fourth-order valence-corrected chi connectivity index (χ4v) is 2.31. The van der Waals surface area contributed by atoms with Crippen LogP contribution in [0.2, 0.25) is 0 Å². The number of hydrogen-bond acceptors (Lipinski definition) is 5. The molecule has 6 nitrogen and oxygen atoms in total. The van der Waals surface area contributed by atoms with Gasteiger partial charge in [-0.1, -0.05) is 0 Å². The van der Waals surface area contributed by atoms with Crippen molar-refractivity contribution in [2.45, 2.75) is 19.6 Å². The van der Waals surface area contributed by atoms with Gasteiger partial charge in [0.2, 0.25) is 0 Å². The predicted octanol–water partition coefficient (Wildman–Crippen LogP) is 1.32. The number of hydrogen-bond donors (Lipinski definition) is 3. The molecule has 0 saturated heterocycles. The van der Waals surface area contributed by atoms with Crippen LogP contribution in [0.1, 0.15) is 12.5 Å². The van der Waals surface area contributed by atoms with E-state index in [4.69, 9.17) is 9.47 Å². The van der Waals surface area contributed by atoms with E-state index in [0.29, 0.717) is 26.3 Å². The van der Waals surface area contributed by atoms with Crippen molar-refractivity contribution in [2.75, 3.05) is 19.8 Å². The van der Waals surface area contributed by atoms with Crippen LogP contribution >= 0.6 is 0 Å². The number of aromatic nitrogens is 2. The monoisotopic (exact) mass is 289 g/mol. The fraction of sp³-hybridized carbons (Fsp3) is 0.400. The molecule has 2 heterocycles. The Balaban J connectivity index is 1.79. The van der Waals surface area contributed by atoms with Gasteiger partial charge in [-0.25, -0.2) is 0 Å². The Kier molecular flexibility index (Phi) is 4.08. The highest BCUT2D eigenvalue weighted by Gasteiger charge is 2.15.